The monoisotopic (exact) mass is 455 g/mol. The molecule has 1 amide bonds. The highest BCUT2D eigenvalue weighted by Crippen LogP contribution is 2.18. The first kappa shape index (κ1) is 21.5. The fraction of sp³-hybridized carbons (Fsp3) is 0.0870. The molecule has 0 aliphatic carbocycles. The molecule has 0 saturated carbocycles. The Kier molecular flexibility index (Phi) is 5.63. The SMILES string of the molecule is Cc1cccc(NC(=O)Cn2c(=O)n(-c3ccc(F)cc3F)c(=O)c3ccc(Cl)cc32)c1. The van der Waals surface area contributed by atoms with Gasteiger partial charge in [0.1, 0.15) is 18.2 Å². The smallest absolute Gasteiger partial charge is 0.325 e. The van der Waals surface area contributed by atoms with Crippen LogP contribution in [0.4, 0.5) is 14.5 Å². The Balaban J connectivity index is 1.89. The fourth-order valence-corrected chi connectivity index (χ4v) is 3.60. The largest absolute Gasteiger partial charge is 0.336 e. The van der Waals surface area contributed by atoms with Crippen molar-refractivity contribution >= 4 is 34.1 Å². The number of hydrogen-bond donors (Lipinski definition) is 1. The summed E-state index contributed by atoms with van der Waals surface area (Å²) in [5.74, 6) is -2.48. The molecule has 0 unspecified atom stereocenters. The van der Waals surface area contributed by atoms with E-state index in [0.717, 1.165) is 22.3 Å². The minimum atomic E-state index is -1.09. The normalized spacial score (nSPS) is 11.0. The number of anilines is 1. The lowest BCUT2D eigenvalue weighted by atomic mass is 10.2. The average molecular weight is 456 g/mol. The van der Waals surface area contributed by atoms with Crippen molar-refractivity contribution in [3.63, 3.8) is 0 Å². The number of nitrogens with one attached hydrogen (secondary N) is 1. The Bertz CT molecular complexity index is 1490. The van der Waals surface area contributed by atoms with Crippen LogP contribution < -0.4 is 16.6 Å². The van der Waals surface area contributed by atoms with Gasteiger partial charge in [-0.25, -0.2) is 18.1 Å². The first-order chi connectivity index (χ1) is 15.2. The van der Waals surface area contributed by atoms with Crippen LogP contribution in [0.15, 0.2) is 70.3 Å². The molecule has 0 atom stereocenters. The number of benzene rings is 3. The lowest BCUT2D eigenvalue weighted by Crippen LogP contribution is -2.41. The molecule has 0 radical (unpaired) electrons. The molecule has 1 aromatic heterocycles. The van der Waals surface area contributed by atoms with Gasteiger partial charge in [-0.2, -0.15) is 0 Å². The lowest BCUT2D eigenvalue weighted by Gasteiger charge is -2.15. The summed E-state index contributed by atoms with van der Waals surface area (Å²) in [4.78, 5) is 39.0. The molecule has 0 fully saturated rings. The van der Waals surface area contributed by atoms with Gasteiger partial charge < -0.3 is 5.32 Å². The number of aryl methyl sites for hydroxylation is 1. The van der Waals surface area contributed by atoms with Crippen LogP contribution in [0.3, 0.4) is 0 Å². The van der Waals surface area contributed by atoms with Gasteiger partial charge in [-0.3, -0.25) is 14.2 Å². The van der Waals surface area contributed by atoms with Crippen molar-refractivity contribution in [2.75, 3.05) is 5.32 Å². The van der Waals surface area contributed by atoms with Gasteiger partial charge in [0.15, 0.2) is 0 Å². The number of rotatable bonds is 4. The Hall–Kier alpha value is -3.78. The van der Waals surface area contributed by atoms with Crippen molar-refractivity contribution in [2.45, 2.75) is 13.5 Å². The van der Waals surface area contributed by atoms with Gasteiger partial charge in [0.05, 0.1) is 16.6 Å². The standard InChI is InChI=1S/C23H16ClF2N3O3/c1-13-3-2-4-16(9-13)27-21(30)12-28-20-10-14(24)5-7-17(20)22(31)29(23(28)32)19-8-6-15(25)11-18(19)26/h2-11H,12H2,1H3,(H,27,30). The van der Waals surface area contributed by atoms with Gasteiger partial charge in [0.2, 0.25) is 5.91 Å². The van der Waals surface area contributed by atoms with Gasteiger partial charge in [-0.05, 0) is 55.0 Å². The predicted molar refractivity (Wildman–Crippen MR) is 119 cm³/mol. The first-order valence-electron chi connectivity index (χ1n) is 9.51. The van der Waals surface area contributed by atoms with Crippen molar-refractivity contribution in [2.24, 2.45) is 0 Å². The molecule has 4 aromatic rings. The van der Waals surface area contributed by atoms with Crippen molar-refractivity contribution in [1.82, 2.24) is 9.13 Å². The number of hydrogen-bond acceptors (Lipinski definition) is 3. The first-order valence-corrected chi connectivity index (χ1v) is 9.89. The molecular formula is C23H16ClF2N3O3. The van der Waals surface area contributed by atoms with Gasteiger partial charge in [0.25, 0.3) is 5.56 Å². The quantitative estimate of drug-likeness (QED) is 0.505. The van der Waals surface area contributed by atoms with Crippen LogP contribution >= 0.6 is 11.6 Å². The zero-order valence-corrected chi connectivity index (χ0v) is 17.5. The Morgan fingerprint density at radius 3 is 2.53 bits per heavy atom. The van der Waals surface area contributed by atoms with E-state index in [-0.39, 0.29) is 15.9 Å². The molecule has 6 nitrogen and oxygen atoms in total. The summed E-state index contributed by atoms with van der Waals surface area (Å²) in [5.41, 5.74) is -0.630. The van der Waals surface area contributed by atoms with Crippen LogP contribution in [-0.2, 0) is 11.3 Å². The maximum Gasteiger partial charge on any atom is 0.336 e. The van der Waals surface area contributed by atoms with E-state index < -0.39 is 41.0 Å². The number of aromatic nitrogens is 2. The van der Waals surface area contributed by atoms with Crippen LogP contribution in [0, 0.1) is 18.6 Å². The topological polar surface area (TPSA) is 73.1 Å². The number of carbonyl (C=O) groups is 1. The van der Waals surface area contributed by atoms with Crippen LogP contribution in [-0.4, -0.2) is 15.0 Å². The summed E-state index contributed by atoms with van der Waals surface area (Å²) in [6.45, 7) is 1.40. The average Bonchev–Trinajstić information content (AvgIpc) is 2.72. The third-order valence-corrected chi connectivity index (χ3v) is 5.10. The minimum absolute atomic E-state index is 0.0427. The van der Waals surface area contributed by atoms with Gasteiger partial charge in [-0.15, -0.1) is 0 Å². The molecule has 9 heteroatoms. The third-order valence-electron chi connectivity index (χ3n) is 4.86. The molecule has 4 rings (SSSR count). The molecule has 0 spiro atoms. The maximum atomic E-state index is 14.4. The van der Waals surface area contributed by atoms with E-state index in [1.54, 1.807) is 18.2 Å². The van der Waals surface area contributed by atoms with Crippen LogP contribution in [0.1, 0.15) is 5.56 Å². The van der Waals surface area contributed by atoms with Gasteiger partial charge in [-0.1, -0.05) is 23.7 Å². The minimum Gasteiger partial charge on any atom is -0.325 e. The van der Waals surface area contributed by atoms with E-state index in [4.69, 9.17) is 11.6 Å². The van der Waals surface area contributed by atoms with E-state index in [9.17, 15) is 23.2 Å². The second-order valence-corrected chi connectivity index (χ2v) is 7.62. The lowest BCUT2D eigenvalue weighted by molar-refractivity contribution is -0.116. The Morgan fingerprint density at radius 2 is 1.81 bits per heavy atom. The molecule has 0 aliphatic heterocycles. The summed E-state index contributed by atoms with van der Waals surface area (Å²) in [5, 5.41) is 2.98. The Morgan fingerprint density at radius 1 is 1.03 bits per heavy atom. The Labute approximate surface area is 185 Å². The number of amides is 1. The molecule has 0 saturated heterocycles. The summed E-state index contributed by atoms with van der Waals surface area (Å²) >= 11 is 6.05. The van der Waals surface area contributed by atoms with E-state index >= 15 is 0 Å². The van der Waals surface area contributed by atoms with Crippen LogP contribution in [0.5, 0.6) is 0 Å². The van der Waals surface area contributed by atoms with Gasteiger partial charge in [0, 0.05) is 16.8 Å². The van der Waals surface area contributed by atoms with E-state index in [1.807, 2.05) is 13.0 Å². The summed E-state index contributed by atoms with van der Waals surface area (Å²) in [6, 6.07) is 13.8. The zero-order valence-electron chi connectivity index (χ0n) is 16.7. The van der Waals surface area contributed by atoms with Crippen molar-refractivity contribution < 1.29 is 13.6 Å². The van der Waals surface area contributed by atoms with Crippen LogP contribution in [0.25, 0.3) is 16.6 Å². The summed E-state index contributed by atoms with van der Waals surface area (Å²) < 4.78 is 29.4. The van der Waals surface area contributed by atoms with Crippen molar-refractivity contribution in [3.05, 3.63) is 104 Å². The number of fused-ring (bicyclic) bond motifs is 1. The molecule has 162 valence electrons. The predicted octanol–water partition coefficient (Wildman–Crippen LogP) is 4.03. The highest BCUT2D eigenvalue weighted by molar-refractivity contribution is 6.31. The van der Waals surface area contributed by atoms with E-state index in [0.29, 0.717) is 16.3 Å². The number of nitrogens with zero attached hydrogens (tertiary/aromatic N) is 2. The second kappa shape index (κ2) is 8.39. The zero-order chi connectivity index (χ0) is 23.0. The third kappa shape index (κ3) is 4.04. The van der Waals surface area contributed by atoms with Crippen LogP contribution in [0.2, 0.25) is 5.02 Å². The maximum absolute atomic E-state index is 14.4. The highest BCUT2D eigenvalue weighted by atomic mass is 35.5. The highest BCUT2D eigenvalue weighted by Gasteiger charge is 2.19. The molecule has 3 aromatic carbocycles. The number of carbonyl (C=O) groups excluding carboxylic acids is 1. The summed E-state index contributed by atoms with van der Waals surface area (Å²) in [7, 11) is 0. The van der Waals surface area contributed by atoms with Crippen molar-refractivity contribution in [1.29, 1.82) is 0 Å². The van der Waals surface area contributed by atoms with Gasteiger partial charge >= 0.3 is 5.69 Å². The molecular weight excluding hydrogens is 440 g/mol. The second-order valence-electron chi connectivity index (χ2n) is 7.18. The van der Waals surface area contributed by atoms with E-state index in [2.05, 4.69) is 5.32 Å². The number of halogens is 3. The summed E-state index contributed by atoms with van der Waals surface area (Å²) in [6.07, 6.45) is 0. The molecule has 32 heavy (non-hydrogen) atoms. The van der Waals surface area contributed by atoms with Crippen molar-refractivity contribution in [3.8, 4) is 5.69 Å². The molecule has 0 bridgehead atoms. The molecule has 0 aliphatic rings. The molecule has 1 N–H and O–H groups in total. The fourth-order valence-electron chi connectivity index (χ4n) is 3.43. The molecule has 1 heterocycles. The van der Waals surface area contributed by atoms with E-state index in [1.165, 1.54) is 18.2 Å².